The number of amides is 1. The van der Waals surface area contributed by atoms with Crippen LogP contribution in [0.5, 0.6) is 0 Å². The van der Waals surface area contributed by atoms with Crippen LogP contribution in [0.15, 0.2) is 24.3 Å². The molecule has 2 N–H and O–H groups in total. The fraction of sp³-hybridized carbons (Fsp3) is 0.588. The lowest BCUT2D eigenvalue weighted by Gasteiger charge is -2.32. The van der Waals surface area contributed by atoms with Gasteiger partial charge in [0, 0.05) is 5.92 Å². The van der Waals surface area contributed by atoms with E-state index in [2.05, 4.69) is 5.32 Å². The van der Waals surface area contributed by atoms with Crippen LogP contribution in [0.25, 0.3) is 0 Å². The third kappa shape index (κ3) is 4.27. The molecule has 1 aromatic rings. The minimum atomic E-state index is -1.23. The van der Waals surface area contributed by atoms with Gasteiger partial charge in [0.15, 0.2) is 0 Å². The van der Waals surface area contributed by atoms with Crippen LogP contribution in [0, 0.1) is 11.7 Å². The van der Waals surface area contributed by atoms with Crippen LogP contribution in [-0.4, -0.2) is 29.8 Å². The molecule has 5 heteroatoms. The van der Waals surface area contributed by atoms with E-state index in [1.807, 2.05) is 13.8 Å². The van der Waals surface area contributed by atoms with Gasteiger partial charge in [0.25, 0.3) is 0 Å². The van der Waals surface area contributed by atoms with Crippen molar-refractivity contribution >= 4 is 5.91 Å². The molecule has 1 aromatic carbocycles. The number of carbonyl (C=O) groups excluding carboxylic acids is 1. The molecule has 1 fully saturated rings. The third-order valence-electron chi connectivity index (χ3n) is 4.14. The van der Waals surface area contributed by atoms with Gasteiger partial charge >= 0.3 is 0 Å². The molecule has 1 heterocycles. The number of aliphatic hydroxyl groups is 1. The first-order valence-electron chi connectivity index (χ1n) is 7.69. The van der Waals surface area contributed by atoms with Gasteiger partial charge in [0.05, 0.1) is 18.8 Å². The van der Waals surface area contributed by atoms with E-state index in [1.165, 1.54) is 24.3 Å². The van der Waals surface area contributed by atoms with E-state index in [4.69, 9.17) is 4.74 Å². The summed E-state index contributed by atoms with van der Waals surface area (Å²) in [5, 5.41) is 13.3. The van der Waals surface area contributed by atoms with E-state index in [0.29, 0.717) is 18.4 Å². The maximum absolute atomic E-state index is 12.9. The Bertz CT molecular complexity index is 505. The zero-order valence-electron chi connectivity index (χ0n) is 13.3. The fourth-order valence-electron chi connectivity index (χ4n) is 2.93. The maximum atomic E-state index is 12.9. The van der Waals surface area contributed by atoms with Gasteiger partial charge in [-0.2, -0.15) is 0 Å². The van der Waals surface area contributed by atoms with Crippen molar-refractivity contribution in [3.8, 4) is 0 Å². The highest BCUT2D eigenvalue weighted by atomic mass is 19.1. The van der Waals surface area contributed by atoms with E-state index in [0.717, 1.165) is 0 Å². The van der Waals surface area contributed by atoms with Crippen LogP contribution in [0.4, 0.5) is 4.39 Å². The summed E-state index contributed by atoms with van der Waals surface area (Å²) in [6.07, 6.45) is 1.51. The quantitative estimate of drug-likeness (QED) is 0.897. The summed E-state index contributed by atoms with van der Waals surface area (Å²) in [5.74, 6) is -0.513. The Morgan fingerprint density at radius 3 is 2.41 bits per heavy atom. The predicted octanol–water partition coefficient (Wildman–Crippen LogP) is 2.35. The molecule has 0 aromatic heterocycles. The molecule has 0 spiro atoms. The van der Waals surface area contributed by atoms with Crippen molar-refractivity contribution in [3.05, 3.63) is 35.6 Å². The highest BCUT2D eigenvalue weighted by Crippen LogP contribution is 2.25. The average molecular weight is 309 g/mol. The lowest BCUT2D eigenvalue weighted by Crippen LogP contribution is -2.44. The van der Waals surface area contributed by atoms with Gasteiger partial charge in [-0.25, -0.2) is 4.39 Å². The smallest absolute Gasteiger partial charge is 0.223 e. The predicted molar refractivity (Wildman–Crippen MR) is 81.7 cm³/mol. The minimum Gasteiger partial charge on any atom is -0.384 e. The zero-order chi connectivity index (χ0) is 16.3. The standard InChI is InChI=1S/C17H24FNO3/c1-11-8-13(9-12(2)22-11)16(20)19-10-17(3,21)14-4-6-15(18)7-5-14/h4-7,11-13,21H,8-10H2,1-3H3,(H,19,20). The monoisotopic (exact) mass is 309 g/mol. The maximum Gasteiger partial charge on any atom is 0.223 e. The summed E-state index contributed by atoms with van der Waals surface area (Å²) in [4.78, 5) is 12.3. The van der Waals surface area contributed by atoms with Gasteiger partial charge in [0.1, 0.15) is 11.4 Å². The lowest BCUT2D eigenvalue weighted by molar-refractivity contribution is -0.134. The van der Waals surface area contributed by atoms with Gasteiger partial charge in [-0.15, -0.1) is 0 Å². The SMILES string of the molecule is CC1CC(C(=O)NCC(C)(O)c2ccc(F)cc2)CC(C)O1. The molecule has 4 nitrogen and oxygen atoms in total. The number of nitrogens with one attached hydrogen (secondary N) is 1. The molecule has 1 aliphatic rings. The van der Waals surface area contributed by atoms with E-state index in [9.17, 15) is 14.3 Å². The summed E-state index contributed by atoms with van der Waals surface area (Å²) in [6.45, 7) is 5.63. The lowest BCUT2D eigenvalue weighted by atomic mass is 9.91. The number of benzene rings is 1. The number of ether oxygens (including phenoxy) is 1. The Balaban J connectivity index is 1.93. The summed E-state index contributed by atoms with van der Waals surface area (Å²) >= 11 is 0. The summed E-state index contributed by atoms with van der Waals surface area (Å²) < 4.78 is 18.6. The molecule has 0 aliphatic carbocycles. The largest absolute Gasteiger partial charge is 0.384 e. The van der Waals surface area contributed by atoms with Crippen molar-refractivity contribution in [2.75, 3.05) is 6.54 Å². The van der Waals surface area contributed by atoms with Crippen molar-refractivity contribution in [2.24, 2.45) is 5.92 Å². The molecule has 0 bridgehead atoms. The number of hydrogen-bond donors (Lipinski definition) is 2. The highest BCUT2D eigenvalue weighted by molar-refractivity contribution is 5.78. The number of carbonyl (C=O) groups is 1. The topological polar surface area (TPSA) is 58.6 Å². The molecule has 3 unspecified atom stereocenters. The molecular weight excluding hydrogens is 285 g/mol. The first kappa shape index (κ1) is 16.9. The minimum absolute atomic E-state index is 0.0654. The summed E-state index contributed by atoms with van der Waals surface area (Å²) in [6, 6.07) is 5.65. The second kappa shape index (κ2) is 6.75. The van der Waals surface area contributed by atoms with Crippen LogP contribution < -0.4 is 5.32 Å². The molecule has 3 atom stereocenters. The highest BCUT2D eigenvalue weighted by Gasteiger charge is 2.31. The average Bonchev–Trinajstić information content (AvgIpc) is 2.44. The molecule has 1 saturated heterocycles. The Kier molecular flexibility index (Phi) is 5.19. The number of rotatable bonds is 4. The van der Waals surface area contributed by atoms with Gasteiger partial charge < -0.3 is 15.2 Å². The van der Waals surface area contributed by atoms with Gasteiger partial charge in [-0.3, -0.25) is 4.79 Å². The number of hydrogen-bond acceptors (Lipinski definition) is 3. The molecule has 1 aliphatic heterocycles. The van der Waals surface area contributed by atoms with Crippen molar-refractivity contribution in [2.45, 2.75) is 51.4 Å². The molecule has 0 radical (unpaired) electrons. The Hall–Kier alpha value is -1.46. The molecular formula is C17H24FNO3. The van der Waals surface area contributed by atoms with Gasteiger partial charge in [-0.05, 0) is 51.3 Å². The number of halogens is 1. The van der Waals surface area contributed by atoms with Crippen LogP contribution in [0.1, 0.15) is 39.2 Å². The van der Waals surface area contributed by atoms with Gasteiger partial charge in [-0.1, -0.05) is 12.1 Å². The third-order valence-corrected chi connectivity index (χ3v) is 4.14. The van der Waals surface area contributed by atoms with Crippen molar-refractivity contribution in [1.29, 1.82) is 0 Å². The molecule has 1 amide bonds. The molecule has 22 heavy (non-hydrogen) atoms. The molecule has 122 valence electrons. The first-order valence-corrected chi connectivity index (χ1v) is 7.69. The van der Waals surface area contributed by atoms with E-state index >= 15 is 0 Å². The van der Waals surface area contributed by atoms with Crippen LogP contribution >= 0.6 is 0 Å². The van der Waals surface area contributed by atoms with Crippen molar-refractivity contribution in [1.82, 2.24) is 5.32 Å². The van der Waals surface area contributed by atoms with Crippen LogP contribution in [-0.2, 0) is 15.1 Å². The van der Waals surface area contributed by atoms with Crippen LogP contribution in [0.3, 0.4) is 0 Å². The Labute approximate surface area is 130 Å². The van der Waals surface area contributed by atoms with E-state index < -0.39 is 5.60 Å². The summed E-state index contributed by atoms with van der Waals surface area (Å²) in [5.41, 5.74) is -0.658. The van der Waals surface area contributed by atoms with Crippen LogP contribution in [0.2, 0.25) is 0 Å². The first-order chi connectivity index (χ1) is 10.3. The van der Waals surface area contributed by atoms with E-state index in [-0.39, 0.29) is 36.4 Å². The van der Waals surface area contributed by atoms with Crippen molar-refractivity contribution < 1.29 is 19.0 Å². The zero-order valence-corrected chi connectivity index (χ0v) is 13.3. The second-order valence-corrected chi connectivity index (χ2v) is 6.42. The Morgan fingerprint density at radius 2 is 1.86 bits per heavy atom. The molecule has 0 saturated carbocycles. The molecule has 2 rings (SSSR count). The van der Waals surface area contributed by atoms with Crippen molar-refractivity contribution in [3.63, 3.8) is 0 Å². The second-order valence-electron chi connectivity index (χ2n) is 6.42. The fourth-order valence-corrected chi connectivity index (χ4v) is 2.93. The normalized spacial score (nSPS) is 28.0. The van der Waals surface area contributed by atoms with Gasteiger partial charge in [0.2, 0.25) is 5.91 Å². The summed E-state index contributed by atoms with van der Waals surface area (Å²) in [7, 11) is 0. The van der Waals surface area contributed by atoms with E-state index in [1.54, 1.807) is 6.92 Å². The Morgan fingerprint density at radius 1 is 1.32 bits per heavy atom.